The van der Waals surface area contributed by atoms with Gasteiger partial charge < -0.3 is 9.84 Å². The van der Waals surface area contributed by atoms with Crippen molar-refractivity contribution in [2.24, 2.45) is 11.8 Å². The largest absolute Gasteiger partial charge is 0.435 e. The molecular weight excluding hydrogens is 417 g/mol. The second-order valence-electron chi connectivity index (χ2n) is 9.26. The maximum atomic E-state index is 14.5. The van der Waals surface area contributed by atoms with Gasteiger partial charge in [-0.3, -0.25) is 4.90 Å². The molecule has 0 aliphatic carbocycles. The predicted molar refractivity (Wildman–Crippen MR) is 130 cm³/mol. The minimum absolute atomic E-state index is 0.159. The third-order valence-corrected chi connectivity index (χ3v) is 5.62. The van der Waals surface area contributed by atoms with Crippen molar-refractivity contribution in [2.75, 3.05) is 13.1 Å². The standard InChI is InChI=1S/C27H36FN3O2/c1-6-24-22(17-30(16-19(2)3)18-25(32)20(4)5)27(33-26-15-11-10-14-23(26)28)31(29-24)21-12-8-7-9-13-21/h7-15,19-20,25,32H,6,16-18H2,1-5H3. The third-order valence-electron chi connectivity index (χ3n) is 5.62. The van der Waals surface area contributed by atoms with E-state index < -0.39 is 11.9 Å². The summed E-state index contributed by atoms with van der Waals surface area (Å²) < 4.78 is 22.5. The van der Waals surface area contributed by atoms with Crippen molar-refractivity contribution >= 4 is 0 Å². The molecule has 2 aromatic carbocycles. The molecule has 1 unspecified atom stereocenters. The van der Waals surface area contributed by atoms with Crippen LogP contribution in [0.5, 0.6) is 11.6 Å². The molecule has 0 amide bonds. The second-order valence-corrected chi connectivity index (χ2v) is 9.26. The highest BCUT2D eigenvalue weighted by molar-refractivity contribution is 5.44. The highest BCUT2D eigenvalue weighted by atomic mass is 19.1. The molecule has 33 heavy (non-hydrogen) atoms. The molecule has 1 aromatic heterocycles. The number of benzene rings is 2. The zero-order chi connectivity index (χ0) is 24.0. The molecule has 0 aliphatic heterocycles. The van der Waals surface area contributed by atoms with E-state index in [4.69, 9.17) is 9.84 Å². The quantitative estimate of drug-likeness (QED) is 0.396. The van der Waals surface area contributed by atoms with Gasteiger partial charge in [-0.2, -0.15) is 5.10 Å². The molecule has 0 spiro atoms. The molecule has 0 bridgehead atoms. The van der Waals surface area contributed by atoms with Gasteiger partial charge in [0.1, 0.15) is 0 Å². The van der Waals surface area contributed by atoms with Crippen LogP contribution in [0.4, 0.5) is 4.39 Å². The molecule has 0 saturated carbocycles. The Morgan fingerprint density at radius 3 is 2.27 bits per heavy atom. The van der Waals surface area contributed by atoms with Gasteiger partial charge in [0.15, 0.2) is 11.6 Å². The van der Waals surface area contributed by atoms with Gasteiger partial charge in [-0.25, -0.2) is 9.07 Å². The van der Waals surface area contributed by atoms with Gasteiger partial charge >= 0.3 is 0 Å². The fourth-order valence-electron chi connectivity index (χ4n) is 3.82. The summed E-state index contributed by atoms with van der Waals surface area (Å²) in [6.45, 7) is 12.4. The van der Waals surface area contributed by atoms with Gasteiger partial charge in [0.25, 0.3) is 0 Å². The maximum absolute atomic E-state index is 14.5. The van der Waals surface area contributed by atoms with Crippen LogP contribution < -0.4 is 4.74 Å². The Labute approximate surface area is 196 Å². The Balaban J connectivity index is 2.08. The fraction of sp³-hybridized carbons (Fsp3) is 0.444. The van der Waals surface area contributed by atoms with E-state index in [0.29, 0.717) is 31.3 Å². The smallest absolute Gasteiger partial charge is 0.227 e. The number of hydrogen-bond donors (Lipinski definition) is 1. The van der Waals surface area contributed by atoms with E-state index in [0.717, 1.165) is 23.5 Å². The SMILES string of the molecule is CCc1nn(-c2ccccc2)c(Oc2ccccc2F)c1CN(CC(C)C)CC(O)C(C)C. The summed E-state index contributed by atoms with van der Waals surface area (Å²) in [6, 6.07) is 16.2. The van der Waals surface area contributed by atoms with Crippen LogP contribution in [-0.4, -0.2) is 39.0 Å². The van der Waals surface area contributed by atoms with Crippen molar-refractivity contribution in [3.05, 3.63) is 71.7 Å². The Morgan fingerprint density at radius 2 is 1.67 bits per heavy atom. The molecule has 1 N–H and O–H groups in total. The van der Waals surface area contributed by atoms with Gasteiger partial charge in [-0.15, -0.1) is 0 Å². The minimum Gasteiger partial charge on any atom is -0.435 e. The Kier molecular flexibility index (Phi) is 8.64. The van der Waals surface area contributed by atoms with Gasteiger partial charge in [-0.05, 0) is 42.5 Å². The molecule has 3 rings (SSSR count). The first kappa shape index (κ1) is 24.9. The van der Waals surface area contributed by atoms with Crippen molar-refractivity contribution in [1.29, 1.82) is 0 Å². The van der Waals surface area contributed by atoms with Crippen molar-refractivity contribution in [1.82, 2.24) is 14.7 Å². The Morgan fingerprint density at radius 1 is 1.00 bits per heavy atom. The summed E-state index contributed by atoms with van der Waals surface area (Å²) in [5.41, 5.74) is 2.67. The number of rotatable bonds is 11. The van der Waals surface area contributed by atoms with E-state index in [1.54, 1.807) is 22.9 Å². The van der Waals surface area contributed by atoms with Crippen LogP contribution in [0.15, 0.2) is 54.6 Å². The van der Waals surface area contributed by atoms with Crippen LogP contribution in [0, 0.1) is 17.7 Å². The molecule has 3 aromatic rings. The summed E-state index contributed by atoms with van der Waals surface area (Å²) in [5.74, 6) is 0.838. The number of hydrogen-bond acceptors (Lipinski definition) is 4. The van der Waals surface area contributed by atoms with E-state index in [-0.39, 0.29) is 11.7 Å². The first-order valence-corrected chi connectivity index (χ1v) is 11.8. The Hall–Kier alpha value is -2.70. The lowest BCUT2D eigenvalue weighted by molar-refractivity contribution is 0.0678. The number of halogens is 1. The van der Waals surface area contributed by atoms with Crippen molar-refractivity contribution < 1.29 is 14.2 Å². The number of aliphatic hydroxyl groups is 1. The first-order valence-electron chi connectivity index (χ1n) is 11.8. The van der Waals surface area contributed by atoms with Gasteiger partial charge in [-0.1, -0.05) is 65.0 Å². The summed E-state index contributed by atoms with van der Waals surface area (Å²) in [6.07, 6.45) is 0.277. The van der Waals surface area contributed by atoms with Gasteiger partial charge in [0, 0.05) is 19.6 Å². The van der Waals surface area contributed by atoms with E-state index in [9.17, 15) is 9.50 Å². The van der Waals surface area contributed by atoms with Crippen molar-refractivity contribution in [2.45, 2.75) is 53.7 Å². The number of aliphatic hydroxyl groups excluding tert-OH is 1. The van der Waals surface area contributed by atoms with E-state index in [1.165, 1.54) is 6.07 Å². The van der Waals surface area contributed by atoms with Gasteiger partial charge in [0.05, 0.1) is 23.0 Å². The Bertz CT molecular complexity index is 1020. The highest BCUT2D eigenvalue weighted by Gasteiger charge is 2.25. The molecule has 178 valence electrons. The molecule has 1 heterocycles. The maximum Gasteiger partial charge on any atom is 0.227 e. The monoisotopic (exact) mass is 453 g/mol. The highest BCUT2D eigenvalue weighted by Crippen LogP contribution is 2.33. The molecular formula is C27H36FN3O2. The van der Waals surface area contributed by atoms with Crippen LogP contribution in [0.3, 0.4) is 0 Å². The summed E-state index contributed by atoms with van der Waals surface area (Å²) in [5, 5.41) is 15.4. The average Bonchev–Trinajstić information content (AvgIpc) is 3.12. The van der Waals surface area contributed by atoms with Crippen LogP contribution in [-0.2, 0) is 13.0 Å². The topological polar surface area (TPSA) is 50.5 Å². The lowest BCUT2D eigenvalue weighted by atomic mass is 10.1. The number of aryl methyl sites for hydroxylation is 1. The lowest BCUT2D eigenvalue weighted by Gasteiger charge is -2.28. The van der Waals surface area contributed by atoms with Crippen LogP contribution in [0.2, 0.25) is 0 Å². The molecule has 0 radical (unpaired) electrons. The first-order chi connectivity index (χ1) is 15.8. The minimum atomic E-state index is -0.436. The van der Waals surface area contributed by atoms with Crippen LogP contribution in [0.1, 0.15) is 45.9 Å². The number of nitrogens with zero attached hydrogens (tertiary/aromatic N) is 3. The van der Waals surface area contributed by atoms with Crippen LogP contribution in [0.25, 0.3) is 5.69 Å². The number of aromatic nitrogens is 2. The third kappa shape index (κ3) is 6.42. The zero-order valence-electron chi connectivity index (χ0n) is 20.3. The van der Waals surface area contributed by atoms with Crippen LogP contribution >= 0.6 is 0 Å². The molecule has 0 fully saturated rings. The molecule has 5 nitrogen and oxygen atoms in total. The normalized spacial score (nSPS) is 12.7. The molecule has 0 saturated heterocycles. The van der Waals surface area contributed by atoms with E-state index in [2.05, 4.69) is 25.7 Å². The predicted octanol–water partition coefficient (Wildman–Crippen LogP) is 5.84. The summed E-state index contributed by atoms with van der Waals surface area (Å²) >= 11 is 0. The number of para-hydroxylation sites is 2. The second kappa shape index (κ2) is 11.4. The summed E-state index contributed by atoms with van der Waals surface area (Å²) in [7, 11) is 0. The van der Waals surface area contributed by atoms with E-state index >= 15 is 0 Å². The van der Waals surface area contributed by atoms with Crippen molar-refractivity contribution in [3.63, 3.8) is 0 Å². The summed E-state index contributed by atoms with van der Waals surface area (Å²) in [4.78, 5) is 2.25. The zero-order valence-corrected chi connectivity index (χ0v) is 20.3. The molecule has 6 heteroatoms. The molecule has 1 atom stereocenters. The molecule has 0 aliphatic rings. The average molecular weight is 454 g/mol. The van der Waals surface area contributed by atoms with Gasteiger partial charge in [0.2, 0.25) is 5.88 Å². The lowest BCUT2D eigenvalue weighted by Crippen LogP contribution is -2.37. The fourth-order valence-corrected chi connectivity index (χ4v) is 3.82. The van der Waals surface area contributed by atoms with E-state index in [1.807, 2.05) is 44.2 Å². The van der Waals surface area contributed by atoms with Crippen molar-refractivity contribution in [3.8, 4) is 17.3 Å². The number of ether oxygens (including phenoxy) is 1.